The fraction of sp³-hybridized carbons (Fsp3) is 0.500. The van der Waals surface area contributed by atoms with Crippen molar-refractivity contribution < 1.29 is 9.13 Å². The second-order valence-electron chi connectivity index (χ2n) is 5.32. The van der Waals surface area contributed by atoms with Gasteiger partial charge in [-0.1, -0.05) is 0 Å². The van der Waals surface area contributed by atoms with Gasteiger partial charge in [-0.25, -0.2) is 9.07 Å². The zero-order valence-corrected chi connectivity index (χ0v) is 11.9. The highest BCUT2D eigenvalue weighted by atomic mass is 19.1. The van der Waals surface area contributed by atoms with E-state index < -0.39 is 0 Å². The Balaban J connectivity index is 1.81. The molecule has 2 N–H and O–H groups in total. The van der Waals surface area contributed by atoms with Gasteiger partial charge in [-0.15, -0.1) is 5.10 Å². The number of aryl methyl sites for hydroxylation is 1. The average molecular weight is 291 g/mol. The Morgan fingerprint density at radius 2 is 2.33 bits per heavy atom. The highest BCUT2D eigenvalue weighted by Crippen LogP contribution is 2.25. The van der Waals surface area contributed by atoms with Gasteiger partial charge in [0, 0.05) is 30.0 Å². The Morgan fingerprint density at radius 3 is 3.05 bits per heavy atom. The third-order valence-electron chi connectivity index (χ3n) is 3.86. The van der Waals surface area contributed by atoms with Crippen molar-refractivity contribution in [2.45, 2.75) is 38.8 Å². The summed E-state index contributed by atoms with van der Waals surface area (Å²) in [6, 6.07) is 3.12. The Kier molecular flexibility index (Phi) is 3.83. The maximum absolute atomic E-state index is 13.8. The van der Waals surface area contributed by atoms with Gasteiger partial charge in [0.25, 0.3) is 0 Å². The van der Waals surface area contributed by atoms with E-state index >= 15 is 0 Å². The summed E-state index contributed by atoms with van der Waals surface area (Å²) >= 11 is 0. The zero-order valence-electron chi connectivity index (χ0n) is 11.9. The first-order valence-corrected chi connectivity index (χ1v) is 7.09. The number of anilines is 1. The average Bonchev–Trinajstić information content (AvgIpc) is 3.12. The number of benzene rings is 1. The SMILES string of the molecule is Cc1c(N)cc(-c2nnnn2CCC2CCCO2)cc1F. The highest BCUT2D eigenvalue weighted by Gasteiger charge is 2.18. The van der Waals surface area contributed by atoms with Crippen molar-refractivity contribution in [2.24, 2.45) is 0 Å². The number of tetrazole rings is 1. The van der Waals surface area contributed by atoms with Crippen LogP contribution in [-0.2, 0) is 11.3 Å². The molecule has 0 amide bonds. The molecule has 0 spiro atoms. The molecule has 1 aromatic heterocycles. The quantitative estimate of drug-likeness (QED) is 0.871. The predicted molar refractivity (Wildman–Crippen MR) is 76.0 cm³/mol. The van der Waals surface area contributed by atoms with Gasteiger partial charge in [0.1, 0.15) is 5.82 Å². The standard InChI is InChI=1S/C14H18FN5O/c1-9-12(15)7-10(8-13(9)16)14-17-18-19-20(14)5-4-11-3-2-6-21-11/h7-8,11H,2-6,16H2,1H3. The molecule has 0 saturated carbocycles. The van der Waals surface area contributed by atoms with Crippen LogP contribution in [-0.4, -0.2) is 32.9 Å². The van der Waals surface area contributed by atoms with Crippen molar-refractivity contribution in [2.75, 3.05) is 12.3 Å². The van der Waals surface area contributed by atoms with E-state index in [9.17, 15) is 4.39 Å². The Hall–Kier alpha value is -2.02. The van der Waals surface area contributed by atoms with Gasteiger partial charge in [-0.3, -0.25) is 0 Å². The maximum atomic E-state index is 13.8. The zero-order chi connectivity index (χ0) is 14.8. The van der Waals surface area contributed by atoms with E-state index in [4.69, 9.17) is 10.5 Å². The van der Waals surface area contributed by atoms with E-state index in [1.807, 2.05) is 0 Å². The Morgan fingerprint density at radius 1 is 1.48 bits per heavy atom. The van der Waals surface area contributed by atoms with E-state index in [2.05, 4.69) is 15.5 Å². The van der Waals surface area contributed by atoms with E-state index in [-0.39, 0.29) is 11.9 Å². The van der Waals surface area contributed by atoms with Crippen LogP contribution in [0.25, 0.3) is 11.4 Å². The van der Waals surface area contributed by atoms with Gasteiger partial charge in [0.05, 0.1) is 6.10 Å². The van der Waals surface area contributed by atoms with Crippen LogP contribution in [0.5, 0.6) is 0 Å². The number of hydrogen-bond acceptors (Lipinski definition) is 5. The monoisotopic (exact) mass is 291 g/mol. The van der Waals surface area contributed by atoms with Crippen LogP contribution in [0, 0.1) is 12.7 Å². The molecule has 0 radical (unpaired) electrons. The van der Waals surface area contributed by atoms with Crippen molar-refractivity contribution in [3.05, 3.63) is 23.5 Å². The van der Waals surface area contributed by atoms with Crippen LogP contribution in [0.4, 0.5) is 10.1 Å². The molecular weight excluding hydrogens is 273 g/mol. The fourth-order valence-electron chi connectivity index (χ4n) is 2.53. The molecule has 3 rings (SSSR count). The number of rotatable bonds is 4. The fourth-order valence-corrected chi connectivity index (χ4v) is 2.53. The van der Waals surface area contributed by atoms with Gasteiger partial charge in [0.15, 0.2) is 5.82 Å². The van der Waals surface area contributed by atoms with Crippen molar-refractivity contribution >= 4 is 5.69 Å². The van der Waals surface area contributed by atoms with Gasteiger partial charge >= 0.3 is 0 Å². The lowest BCUT2D eigenvalue weighted by Crippen LogP contribution is -2.12. The Bertz CT molecular complexity index is 613. The van der Waals surface area contributed by atoms with E-state index in [0.29, 0.717) is 29.2 Å². The molecule has 2 heterocycles. The third kappa shape index (κ3) is 2.87. The summed E-state index contributed by atoms with van der Waals surface area (Å²) in [5, 5.41) is 11.6. The molecule has 0 aliphatic carbocycles. The van der Waals surface area contributed by atoms with E-state index in [1.165, 1.54) is 6.07 Å². The maximum Gasteiger partial charge on any atom is 0.182 e. The van der Waals surface area contributed by atoms with Crippen molar-refractivity contribution in [1.29, 1.82) is 0 Å². The first kappa shape index (κ1) is 13.9. The summed E-state index contributed by atoms with van der Waals surface area (Å²) in [5.74, 6) is 0.178. The minimum absolute atomic E-state index is 0.266. The van der Waals surface area contributed by atoms with Gasteiger partial charge < -0.3 is 10.5 Å². The van der Waals surface area contributed by atoms with Crippen molar-refractivity contribution in [1.82, 2.24) is 20.2 Å². The lowest BCUT2D eigenvalue weighted by Gasteiger charge is -2.10. The first-order valence-electron chi connectivity index (χ1n) is 7.09. The van der Waals surface area contributed by atoms with Crippen LogP contribution < -0.4 is 5.73 Å². The smallest absolute Gasteiger partial charge is 0.182 e. The number of hydrogen-bond donors (Lipinski definition) is 1. The molecule has 1 unspecified atom stereocenters. The lowest BCUT2D eigenvalue weighted by atomic mass is 10.1. The number of nitrogens with zero attached hydrogens (tertiary/aromatic N) is 4. The normalized spacial score (nSPS) is 18.3. The molecule has 1 aliphatic heterocycles. The summed E-state index contributed by atoms with van der Waals surface area (Å²) in [6.07, 6.45) is 3.29. The van der Waals surface area contributed by atoms with E-state index in [0.717, 1.165) is 25.9 Å². The number of nitrogens with two attached hydrogens (primary N) is 1. The van der Waals surface area contributed by atoms with Crippen LogP contribution in [0.1, 0.15) is 24.8 Å². The second kappa shape index (κ2) is 5.77. The van der Waals surface area contributed by atoms with Gasteiger partial charge in [-0.2, -0.15) is 0 Å². The molecule has 112 valence electrons. The summed E-state index contributed by atoms with van der Waals surface area (Å²) in [5.41, 5.74) is 7.25. The number of ether oxygens (including phenoxy) is 1. The minimum atomic E-state index is -0.348. The molecular formula is C14H18FN5O. The molecule has 1 atom stereocenters. The summed E-state index contributed by atoms with van der Waals surface area (Å²) in [4.78, 5) is 0. The molecule has 21 heavy (non-hydrogen) atoms. The molecule has 1 aromatic carbocycles. The van der Waals surface area contributed by atoms with E-state index in [1.54, 1.807) is 17.7 Å². The first-order chi connectivity index (χ1) is 10.1. The minimum Gasteiger partial charge on any atom is -0.398 e. The van der Waals surface area contributed by atoms with Gasteiger partial charge in [-0.05, 0) is 48.7 Å². The molecule has 0 bridgehead atoms. The van der Waals surface area contributed by atoms with Crippen LogP contribution in [0.3, 0.4) is 0 Å². The van der Waals surface area contributed by atoms with Gasteiger partial charge in [0.2, 0.25) is 0 Å². The number of nitrogen functional groups attached to an aromatic ring is 1. The van der Waals surface area contributed by atoms with Crippen LogP contribution in [0.2, 0.25) is 0 Å². The molecule has 2 aromatic rings. The molecule has 6 nitrogen and oxygen atoms in total. The number of halogens is 1. The number of aromatic nitrogens is 4. The second-order valence-corrected chi connectivity index (χ2v) is 5.32. The lowest BCUT2D eigenvalue weighted by molar-refractivity contribution is 0.0994. The Labute approximate surface area is 122 Å². The summed E-state index contributed by atoms with van der Waals surface area (Å²) in [6.45, 7) is 3.12. The third-order valence-corrected chi connectivity index (χ3v) is 3.86. The predicted octanol–water partition coefficient (Wildman–Crippen LogP) is 1.94. The highest BCUT2D eigenvalue weighted by molar-refractivity contribution is 5.63. The molecule has 1 saturated heterocycles. The molecule has 7 heteroatoms. The van der Waals surface area contributed by atoms with Crippen molar-refractivity contribution in [3.63, 3.8) is 0 Å². The summed E-state index contributed by atoms with van der Waals surface area (Å²) in [7, 11) is 0. The molecule has 1 fully saturated rings. The topological polar surface area (TPSA) is 78.9 Å². The van der Waals surface area contributed by atoms with Crippen LogP contribution >= 0.6 is 0 Å². The van der Waals surface area contributed by atoms with Crippen LogP contribution in [0.15, 0.2) is 12.1 Å². The largest absolute Gasteiger partial charge is 0.398 e. The molecule has 1 aliphatic rings. The summed E-state index contributed by atoms with van der Waals surface area (Å²) < 4.78 is 21.1. The van der Waals surface area contributed by atoms with Crippen molar-refractivity contribution in [3.8, 4) is 11.4 Å².